The molecule has 3 aromatic heterocycles. The number of ether oxygens (including phenoxy) is 1. The molecule has 4 N–H and O–H groups in total. The van der Waals surface area contributed by atoms with E-state index in [2.05, 4.69) is 97.5 Å². The summed E-state index contributed by atoms with van der Waals surface area (Å²) in [6.45, 7) is 11.3. The Labute approximate surface area is 305 Å². The first kappa shape index (κ1) is 35.3. The molecule has 0 saturated carbocycles. The Morgan fingerprint density at radius 1 is 0.808 bits per heavy atom. The molecule has 5 heterocycles. The first-order chi connectivity index (χ1) is 25.0. The summed E-state index contributed by atoms with van der Waals surface area (Å²) in [6, 6.07) is 18.3. The van der Waals surface area contributed by atoms with Gasteiger partial charge < -0.3 is 25.1 Å². The van der Waals surface area contributed by atoms with Gasteiger partial charge in [0.1, 0.15) is 23.5 Å². The summed E-state index contributed by atoms with van der Waals surface area (Å²) in [6.07, 6.45) is 9.76. The normalized spacial score (nSPS) is 19.2. The number of nitrogens with zero attached hydrogens (tertiary/aromatic N) is 6. The van der Waals surface area contributed by atoms with Crippen molar-refractivity contribution in [2.45, 2.75) is 90.3 Å². The van der Waals surface area contributed by atoms with Crippen molar-refractivity contribution in [3.05, 3.63) is 91.0 Å². The Balaban J connectivity index is 1.000. The first-order valence-electron chi connectivity index (χ1n) is 18.3. The molecule has 2 saturated heterocycles. The van der Waals surface area contributed by atoms with Crippen LogP contribution in [0, 0.1) is 5.92 Å². The lowest BCUT2D eigenvalue weighted by molar-refractivity contribution is -0.0300. The van der Waals surface area contributed by atoms with Gasteiger partial charge in [0.2, 0.25) is 5.95 Å². The number of benzene rings is 2. The van der Waals surface area contributed by atoms with Crippen LogP contribution in [0.3, 0.4) is 0 Å². The van der Waals surface area contributed by atoms with Gasteiger partial charge in [-0.15, -0.1) is 0 Å². The van der Waals surface area contributed by atoms with Crippen molar-refractivity contribution < 1.29 is 14.6 Å². The summed E-state index contributed by atoms with van der Waals surface area (Å²) in [7, 11) is 0. The van der Waals surface area contributed by atoms with E-state index in [1.165, 1.54) is 0 Å². The number of carbonyl (C=O) groups is 1. The van der Waals surface area contributed by atoms with Crippen molar-refractivity contribution in [1.82, 2.24) is 39.7 Å². The fourth-order valence-corrected chi connectivity index (χ4v) is 7.29. The topological polar surface area (TPSA) is 148 Å². The van der Waals surface area contributed by atoms with Crippen LogP contribution in [0.15, 0.2) is 79.4 Å². The van der Waals surface area contributed by atoms with Gasteiger partial charge in [0.25, 0.3) is 0 Å². The number of anilines is 1. The standard InChI is InChI=1S/C40H49N9O3/c1-25(2)34(47-38-41-19-8-20-42-38)37(50)48-21-6-9-32(48)35-43-23-30(45-35)28-15-11-26(12-16-28)27-13-17-29(18-14-27)31-24-44-36(46-31)33-10-7-22-49(33)39(51)52-40(3,4)5/h8,11-20,23-25,32-34,37,50H,6-7,9-10,21-22H2,1-5H3,(H,43,45)(H,44,46)(H,41,42,47)/t32-,33-,34-,37?/m0/s1. The molecule has 2 fully saturated rings. The van der Waals surface area contributed by atoms with Crippen LogP contribution < -0.4 is 5.32 Å². The molecule has 2 aliphatic heterocycles. The number of aliphatic hydroxyl groups excluding tert-OH is 1. The summed E-state index contributed by atoms with van der Waals surface area (Å²) in [5.74, 6) is 2.31. The molecule has 4 atom stereocenters. The zero-order valence-electron chi connectivity index (χ0n) is 30.6. The van der Waals surface area contributed by atoms with E-state index < -0.39 is 11.8 Å². The van der Waals surface area contributed by atoms with Gasteiger partial charge in [0, 0.05) is 25.5 Å². The summed E-state index contributed by atoms with van der Waals surface area (Å²) >= 11 is 0. The van der Waals surface area contributed by atoms with Gasteiger partial charge in [0.15, 0.2) is 0 Å². The van der Waals surface area contributed by atoms with E-state index in [-0.39, 0.29) is 30.1 Å². The van der Waals surface area contributed by atoms with E-state index in [0.29, 0.717) is 12.5 Å². The minimum atomic E-state index is -0.729. The maximum absolute atomic E-state index is 12.8. The number of nitrogens with one attached hydrogen (secondary N) is 3. The number of imidazole rings is 2. The number of aromatic amines is 2. The number of aliphatic hydroxyl groups is 1. The molecular formula is C40H49N9O3. The SMILES string of the molecule is CC(C)[C@H](Nc1ncccn1)C(O)N1CCC[C@H]1c1ncc(-c2ccc(-c3ccc(-c4cnc([C@@H]5CCCN5C(=O)OC(C)(C)C)[nH]4)cc3)cc2)[nH]1. The van der Waals surface area contributed by atoms with Gasteiger partial charge in [-0.05, 0) is 80.7 Å². The molecule has 7 rings (SSSR count). The third-order valence-corrected chi connectivity index (χ3v) is 9.96. The van der Waals surface area contributed by atoms with Crippen LogP contribution in [0.1, 0.15) is 84.0 Å². The summed E-state index contributed by atoms with van der Waals surface area (Å²) in [4.78, 5) is 41.8. The number of hydrogen-bond acceptors (Lipinski definition) is 9. The highest BCUT2D eigenvalue weighted by Crippen LogP contribution is 2.36. The lowest BCUT2D eigenvalue weighted by Gasteiger charge is -2.36. The number of likely N-dealkylation sites (tertiary alicyclic amines) is 2. The molecule has 2 aliphatic rings. The molecule has 0 radical (unpaired) electrons. The number of H-pyrrole nitrogens is 2. The molecule has 0 spiro atoms. The van der Waals surface area contributed by atoms with E-state index in [9.17, 15) is 9.90 Å². The second-order valence-corrected chi connectivity index (χ2v) is 15.1. The molecule has 5 aromatic rings. The summed E-state index contributed by atoms with van der Waals surface area (Å²) in [5.41, 5.74) is 5.61. The van der Waals surface area contributed by atoms with Crippen molar-refractivity contribution in [1.29, 1.82) is 0 Å². The number of hydrogen-bond donors (Lipinski definition) is 4. The van der Waals surface area contributed by atoms with Crippen molar-refractivity contribution in [2.75, 3.05) is 18.4 Å². The fourth-order valence-electron chi connectivity index (χ4n) is 7.29. The molecule has 1 amide bonds. The van der Waals surface area contributed by atoms with Gasteiger partial charge in [-0.2, -0.15) is 0 Å². The molecule has 0 bridgehead atoms. The maximum atomic E-state index is 12.8. The molecule has 12 nitrogen and oxygen atoms in total. The summed E-state index contributed by atoms with van der Waals surface area (Å²) < 4.78 is 5.64. The van der Waals surface area contributed by atoms with Crippen LogP contribution in [-0.4, -0.2) is 81.9 Å². The molecule has 0 aliphatic carbocycles. The maximum Gasteiger partial charge on any atom is 0.410 e. The Kier molecular flexibility index (Phi) is 10.1. The number of carbonyl (C=O) groups excluding carboxylic acids is 1. The highest BCUT2D eigenvalue weighted by molar-refractivity contribution is 5.72. The molecule has 12 heteroatoms. The second kappa shape index (κ2) is 14.9. The fraction of sp³-hybridized carbons (Fsp3) is 0.425. The Bertz CT molecular complexity index is 1930. The van der Waals surface area contributed by atoms with Crippen LogP contribution in [0.25, 0.3) is 33.6 Å². The predicted molar refractivity (Wildman–Crippen MR) is 201 cm³/mol. The number of aromatic nitrogens is 6. The minimum absolute atomic E-state index is 0.0192. The largest absolute Gasteiger partial charge is 0.444 e. The van der Waals surface area contributed by atoms with Crippen molar-refractivity contribution in [2.24, 2.45) is 5.92 Å². The zero-order chi connectivity index (χ0) is 36.4. The molecule has 1 unspecified atom stereocenters. The molecule has 272 valence electrons. The average molecular weight is 704 g/mol. The van der Waals surface area contributed by atoms with E-state index >= 15 is 0 Å². The van der Waals surface area contributed by atoms with Gasteiger partial charge >= 0.3 is 6.09 Å². The Morgan fingerprint density at radius 3 is 1.88 bits per heavy atom. The third kappa shape index (κ3) is 7.73. The second-order valence-electron chi connectivity index (χ2n) is 15.1. The van der Waals surface area contributed by atoms with E-state index in [0.717, 1.165) is 77.5 Å². The van der Waals surface area contributed by atoms with E-state index in [1.807, 2.05) is 33.2 Å². The van der Waals surface area contributed by atoms with Crippen LogP contribution in [0.2, 0.25) is 0 Å². The quantitative estimate of drug-likeness (QED) is 0.115. The van der Waals surface area contributed by atoms with Crippen LogP contribution in [0.5, 0.6) is 0 Å². The predicted octanol–water partition coefficient (Wildman–Crippen LogP) is 7.59. The van der Waals surface area contributed by atoms with Crippen LogP contribution >= 0.6 is 0 Å². The monoisotopic (exact) mass is 703 g/mol. The van der Waals surface area contributed by atoms with Gasteiger partial charge in [-0.3, -0.25) is 9.80 Å². The summed E-state index contributed by atoms with van der Waals surface area (Å²) in [5, 5.41) is 14.9. The zero-order valence-corrected chi connectivity index (χ0v) is 30.6. The third-order valence-electron chi connectivity index (χ3n) is 9.96. The number of rotatable bonds is 10. The number of amides is 1. The molecule has 2 aromatic carbocycles. The Morgan fingerprint density at radius 2 is 1.33 bits per heavy atom. The van der Waals surface area contributed by atoms with E-state index in [4.69, 9.17) is 9.72 Å². The average Bonchev–Trinajstić information content (AvgIpc) is 3.97. The van der Waals surface area contributed by atoms with Gasteiger partial charge in [0.05, 0.1) is 41.9 Å². The lowest BCUT2D eigenvalue weighted by atomic mass is 10.0. The minimum Gasteiger partial charge on any atom is -0.444 e. The van der Waals surface area contributed by atoms with Crippen LogP contribution in [-0.2, 0) is 4.74 Å². The van der Waals surface area contributed by atoms with Crippen molar-refractivity contribution in [3.8, 4) is 33.6 Å². The van der Waals surface area contributed by atoms with Crippen LogP contribution in [0.4, 0.5) is 10.7 Å². The highest BCUT2D eigenvalue weighted by Gasteiger charge is 2.38. The van der Waals surface area contributed by atoms with Gasteiger partial charge in [-0.1, -0.05) is 62.4 Å². The van der Waals surface area contributed by atoms with E-state index in [1.54, 1.807) is 23.4 Å². The van der Waals surface area contributed by atoms with Gasteiger partial charge in [-0.25, -0.2) is 24.7 Å². The lowest BCUT2D eigenvalue weighted by Crippen LogP contribution is -2.49. The van der Waals surface area contributed by atoms with Crippen molar-refractivity contribution >= 4 is 12.0 Å². The molecular weight excluding hydrogens is 654 g/mol. The first-order valence-corrected chi connectivity index (χ1v) is 18.3. The highest BCUT2D eigenvalue weighted by atomic mass is 16.6. The van der Waals surface area contributed by atoms with Crippen molar-refractivity contribution in [3.63, 3.8) is 0 Å². The smallest absolute Gasteiger partial charge is 0.410 e. The molecule has 52 heavy (non-hydrogen) atoms. The Hall–Kier alpha value is -5.07.